The van der Waals surface area contributed by atoms with Gasteiger partial charge in [0.2, 0.25) is 0 Å². The molecule has 0 aliphatic rings. The topological polar surface area (TPSA) is 0 Å². The van der Waals surface area contributed by atoms with Crippen molar-refractivity contribution in [1.82, 2.24) is 0 Å². The maximum Gasteiger partial charge on any atom is 0.129 e. The van der Waals surface area contributed by atoms with Crippen LogP contribution in [0, 0.1) is 29.3 Å². The van der Waals surface area contributed by atoms with Crippen molar-refractivity contribution in [2.24, 2.45) is 0 Å². The summed E-state index contributed by atoms with van der Waals surface area (Å²) in [5.74, 6) is 5.06. The lowest BCUT2D eigenvalue weighted by Gasteiger charge is -2.08. The van der Waals surface area contributed by atoms with E-state index < -0.39 is 11.6 Å². The highest BCUT2D eigenvalue weighted by atomic mass is 19.1. The number of aryl methyl sites for hydroxylation is 2. The van der Waals surface area contributed by atoms with Crippen molar-refractivity contribution in [3.63, 3.8) is 0 Å². The maximum atomic E-state index is 14.5. The summed E-state index contributed by atoms with van der Waals surface area (Å²) in [4.78, 5) is 0. The molecule has 0 unspecified atom stereocenters. The molecule has 0 fully saturated rings. The van der Waals surface area contributed by atoms with E-state index in [0.29, 0.717) is 24.8 Å². The van der Waals surface area contributed by atoms with Gasteiger partial charge >= 0.3 is 0 Å². The Labute approximate surface area is 198 Å². The van der Waals surface area contributed by atoms with Crippen molar-refractivity contribution in [3.05, 3.63) is 130 Å². The van der Waals surface area contributed by atoms with Crippen LogP contribution in [0.1, 0.15) is 41.2 Å². The first-order chi connectivity index (χ1) is 16.5. The fraction of sp³-hybridized carbons (Fsp3) is 0.161. The molecule has 0 heterocycles. The van der Waals surface area contributed by atoms with E-state index in [2.05, 4.69) is 11.8 Å². The number of fused-ring (bicyclic) bond motifs is 1. The molecule has 0 bridgehead atoms. The largest absolute Gasteiger partial charge is 0.207 e. The zero-order chi connectivity index (χ0) is 23.9. The quantitative estimate of drug-likeness (QED) is 0.205. The Kier molecular flexibility index (Phi) is 7.50. The highest BCUT2D eigenvalue weighted by Gasteiger charge is 2.11. The third-order valence-corrected chi connectivity index (χ3v) is 5.81. The second-order valence-electron chi connectivity index (χ2n) is 8.30. The Bertz CT molecular complexity index is 1360. The van der Waals surface area contributed by atoms with Crippen LogP contribution in [-0.4, -0.2) is 0 Å². The van der Waals surface area contributed by atoms with Crippen LogP contribution in [0.15, 0.2) is 84.9 Å². The Morgan fingerprint density at radius 2 is 1.29 bits per heavy atom. The molecular formula is C31H25F3. The van der Waals surface area contributed by atoms with Gasteiger partial charge < -0.3 is 0 Å². The molecule has 0 amide bonds. The van der Waals surface area contributed by atoms with Gasteiger partial charge in [-0.3, -0.25) is 0 Å². The molecule has 3 heteroatoms. The van der Waals surface area contributed by atoms with E-state index in [4.69, 9.17) is 0 Å². The summed E-state index contributed by atoms with van der Waals surface area (Å²) in [5.41, 5.74) is 3.51. The summed E-state index contributed by atoms with van der Waals surface area (Å²) in [6.45, 7) is 1.93. The summed E-state index contributed by atoms with van der Waals surface area (Å²) in [6, 6.07) is 21.0. The second kappa shape index (κ2) is 10.9. The van der Waals surface area contributed by atoms with Crippen LogP contribution in [0.5, 0.6) is 0 Å². The molecule has 0 aliphatic carbocycles. The fourth-order valence-corrected chi connectivity index (χ4v) is 3.92. The minimum atomic E-state index is -0.476. The minimum Gasteiger partial charge on any atom is -0.207 e. The highest BCUT2D eigenvalue weighted by molar-refractivity contribution is 5.84. The van der Waals surface area contributed by atoms with Crippen LogP contribution in [-0.2, 0) is 19.3 Å². The monoisotopic (exact) mass is 454 g/mol. The zero-order valence-corrected chi connectivity index (χ0v) is 19.0. The number of allylic oxidation sites excluding steroid dienone is 2. The predicted molar refractivity (Wildman–Crippen MR) is 133 cm³/mol. The van der Waals surface area contributed by atoms with E-state index in [1.165, 1.54) is 24.3 Å². The first-order valence-corrected chi connectivity index (χ1v) is 11.4. The summed E-state index contributed by atoms with van der Waals surface area (Å²) in [5, 5.41) is 1.78. The smallest absolute Gasteiger partial charge is 0.129 e. The summed E-state index contributed by atoms with van der Waals surface area (Å²) >= 11 is 0. The van der Waals surface area contributed by atoms with E-state index >= 15 is 0 Å². The molecule has 0 aromatic heterocycles. The molecule has 0 saturated heterocycles. The minimum absolute atomic E-state index is 0.134. The number of hydrogen-bond donors (Lipinski definition) is 0. The third-order valence-electron chi connectivity index (χ3n) is 5.81. The third kappa shape index (κ3) is 5.97. The van der Waals surface area contributed by atoms with Crippen molar-refractivity contribution >= 4 is 10.8 Å². The van der Waals surface area contributed by atoms with Gasteiger partial charge in [0.25, 0.3) is 0 Å². The van der Waals surface area contributed by atoms with Gasteiger partial charge in [-0.25, -0.2) is 13.2 Å². The first-order valence-electron chi connectivity index (χ1n) is 11.4. The van der Waals surface area contributed by atoms with Gasteiger partial charge in [-0.15, -0.1) is 0 Å². The Morgan fingerprint density at radius 3 is 2.03 bits per heavy atom. The van der Waals surface area contributed by atoms with Gasteiger partial charge in [0.1, 0.15) is 17.5 Å². The Morgan fingerprint density at radius 1 is 0.647 bits per heavy atom. The number of rotatable bonds is 6. The number of halogens is 3. The molecule has 0 spiro atoms. The van der Waals surface area contributed by atoms with Gasteiger partial charge in [0, 0.05) is 16.7 Å². The highest BCUT2D eigenvalue weighted by Crippen LogP contribution is 2.20. The van der Waals surface area contributed by atoms with Crippen molar-refractivity contribution in [2.75, 3.05) is 0 Å². The van der Waals surface area contributed by atoms with Crippen LogP contribution in [0.3, 0.4) is 0 Å². The molecule has 4 aromatic carbocycles. The van der Waals surface area contributed by atoms with Crippen LogP contribution in [0.4, 0.5) is 13.2 Å². The SMILES string of the molecule is C/C=C/CCc1cc(F)c(CCc2ccc(C#Cc3ccc4cc(F)ccc4c3)cc2)c(F)c1. The molecule has 4 aromatic rings. The molecule has 34 heavy (non-hydrogen) atoms. The standard InChI is InChI=1S/C31H25F3/c1-2-3-4-5-25-19-30(33)29(31(34)20-25)17-13-23-8-6-22(7-9-23)10-11-24-12-14-27-21-28(32)16-15-26(27)18-24/h2-3,6-9,12,14-16,18-21H,4-5,13,17H2,1H3/b3-2+. The molecule has 0 radical (unpaired) electrons. The van der Waals surface area contributed by atoms with Gasteiger partial charge in [0.15, 0.2) is 0 Å². The van der Waals surface area contributed by atoms with Crippen LogP contribution in [0.25, 0.3) is 10.8 Å². The molecule has 0 aliphatic heterocycles. The van der Waals surface area contributed by atoms with Gasteiger partial charge in [0.05, 0.1) is 0 Å². The molecule has 170 valence electrons. The van der Waals surface area contributed by atoms with E-state index in [0.717, 1.165) is 33.9 Å². The lowest BCUT2D eigenvalue weighted by molar-refractivity contribution is 0.551. The van der Waals surface area contributed by atoms with E-state index in [1.54, 1.807) is 6.07 Å². The average molecular weight is 455 g/mol. The van der Waals surface area contributed by atoms with Crippen molar-refractivity contribution < 1.29 is 13.2 Å². The van der Waals surface area contributed by atoms with Crippen LogP contribution >= 0.6 is 0 Å². The van der Waals surface area contributed by atoms with Crippen molar-refractivity contribution in [3.8, 4) is 11.8 Å². The van der Waals surface area contributed by atoms with E-state index in [9.17, 15) is 13.2 Å². The van der Waals surface area contributed by atoms with E-state index in [-0.39, 0.29) is 11.4 Å². The van der Waals surface area contributed by atoms with E-state index in [1.807, 2.05) is 61.5 Å². The van der Waals surface area contributed by atoms with Crippen molar-refractivity contribution in [2.45, 2.75) is 32.6 Å². The fourth-order valence-electron chi connectivity index (χ4n) is 3.92. The summed E-state index contributed by atoms with van der Waals surface area (Å²) < 4.78 is 42.3. The van der Waals surface area contributed by atoms with Gasteiger partial charge in [-0.05, 0) is 103 Å². The second-order valence-corrected chi connectivity index (χ2v) is 8.30. The normalized spacial score (nSPS) is 11.1. The molecular weight excluding hydrogens is 429 g/mol. The lowest BCUT2D eigenvalue weighted by atomic mass is 9.99. The van der Waals surface area contributed by atoms with Crippen molar-refractivity contribution in [1.29, 1.82) is 0 Å². The number of hydrogen-bond acceptors (Lipinski definition) is 0. The Balaban J connectivity index is 1.40. The lowest BCUT2D eigenvalue weighted by Crippen LogP contribution is -2.01. The predicted octanol–water partition coefficient (Wildman–Crippen LogP) is 7.95. The molecule has 0 saturated carbocycles. The molecule has 4 rings (SSSR count). The van der Waals surface area contributed by atoms with Crippen LogP contribution in [0.2, 0.25) is 0 Å². The number of benzene rings is 4. The summed E-state index contributed by atoms with van der Waals surface area (Å²) in [6.07, 6.45) is 6.16. The Hall–Kier alpha value is -3.77. The van der Waals surface area contributed by atoms with Gasteiger partial charge in [-0.1, -0.05) is 48.3 Å². The van der Waals surface area contributed by atoms with Gasteiger partial charge in [-0.2, -0.15) is 0 Å². The maximum absolute atomic E-state index is 14.5. The molecule has 0 N–H and O–H groups in total. The first kappa shape index (κ1) is 23.4. The molecule has 0 atom stereocenters. The zero-order valence-electron chi connectivity index (χ0n) is 19.0. The van der Waals surface area contributed by atoms with Crippen LogP contribution < -0.4 is 0 Å². The molecule has 0 nitrogen and oxygen atoms in total. The average Bonchev–Trinajstić information content (AvgIpc) is 2.83. The summed E-state index contributed by atoms with van der Waals surface area (Å²) in [7, 11) is 0.